The average molecular weight is 241 g/mol. The number of hydrogen-bond acceptors (Lipinski definition) is 2. The number of carbonyl (C=O) groups is 2. The number of hydrogen-bond donors (Lipinski definition) is 3. The summed E-state index contributed by atoms with van der Waals surface area (Å²) < 4.78 is 0. The molecule has 1 aliphatic rings. The first kappa shape index (κ1) is 13.8. The van der Waals surface area contributed by atoms with Crippen molar-refractivity contribution in [2.75, 3.05) is 0 Å². The van der Waals surface area contributed by atoms with E-state index in [0.29, 0.717) is 12.3 Å². The monoisotopic (exact) mass is 241 g/mol. The maximum absolute atomic E-state index is 12.0. The van der Waals surface area contributed by atoms with E-state index in [1.165, 1.54) is 12.8 Å². The van der Waals surface area contributed by atoms with Gasteiger partial charge >= 0.3 is 6.03 Å². The minimum Gasteiger partial charge on any atom is -0.352 e. The maximum Gasteiger partial charge on any atom is 0.312 e. The molecule has 0 aliphatic heterocycles. The molecular formula is C12H23N3O2. The van der Waals surface area contributed by atoms with Crippen molar-refractivity contribution in [1.29, 1.82) is 0 Å². The third-order valence-electron chi connectivity index (χ3n) is 3.04. The summed E-state index contributed by atoms with van der Waals surface area (Å²) in [7, 11) is 0. The fourth-order valence-electron chi connectivity index (χ4n) is 2.25. The van der Waals surface area contributed by atoms with Crippen LogP contribution < -0.4 is 16.4 Å². The molecule has 5 nitrogen and oxygen atoms in total. The van der Waals surface area contributed by atoms with Crippen LogP contribution in [0.1, 0.15) is 46.0 Å². The van der Waals surface area contributed by atoms with Crippen LogP contribution in [-0.2, 0) is 4.79 Å². The van der Waals surface area contributed by atoms with E-state index in [-0.39, 0.29) is 11.9 Å². The number of amides is 3. The van der Waals surface area contributed by atoms with Gasteiger partial charge in [0, 0.05) is 6.04 Å². The zero-order valence-corrected chi connectivity index (χ0v) is 10.7. The number of primary amides is 1. The normalized spacial score (nSPS) is 18.1. The fourth-order valence-corrected chi connectivity index (χ4v) is 2.25. The van der Waals surface area contributed by atoms with E-state index in [1.54, 1.807) is 0 Å². The van der Waals surface area contributed by atoms with Crippen molar-refractivity contribution in [1.82, 2.24) is 10.6 Å². The van der Waals surface area contributed by atoms with Crippen LogP contribution in [0.4, 0.5) is 4.79 Å². The molecule has 98 valence electrons. The average Bonchev–Trinajstić information content (AvgIpc) is 2.67. The molecule has 0 spiro atoms. The maximum atomic E-state index is 12.0. The molecular weight excluding hydrogens is 218 g/mol. The molecule has 0 unspecified atom stereocenters. The van der Waals surface area contributed by atoms with Crippen LogP contribution in [0.2, 0.25) is 0 Å². The molecule has 1 aliphatic carbocycles. The van der Waals surface area contributed by atoms with Gasteiger partial charge in [0.05, 0.1) is 0 Å². The summed E-state index contributed by atoms with van der Waals surface area (Å²) in [4.78, 5) is 22.9. The largest absolute Gasteiger partial charge is 0.352 e. The Morgan fingerprint density at radius 1 is 1.29 bits per heavy atom. The first-order valence-electron chi connectivity index (χ1n) is 6.35. The highest BCUT2D eigenvalue weighted by atomic mass is 16.2. The van der Waals surface area contributed by atoms with Crippen LogP contribution in [0, 0.1) is 5.92 Å². The number of carbonyl (C=O) groups excluding carboxylic acids is 2. The van der Waals surface area contributed by atoms with Crippen LogP contribution in [0.5, 0.6) is 0 Å². The van der Waals surface area contributed by atoms with E-state index in [0.717, 1.165) is 12.8 Å². The molecule has 0 radical (unpaired) electrons. The molecule has 17 heavy (non-hydrogen) atoms. The zero-order valence-electron chi connectivity index (χ0n) is 10.7. The van der Waals surface area contributed by atoms with Crippen molar-refractivity contribution >= 4 is 11.9 Å². The molecule has 1 rings (SSSR count). The van der Waals surface area contributed by atoms with Gasteiger partial charge in [0.1, 0.15) is 6.04 Å². The van der Waals surface area contributed by atoms with Gasteiger partial charge in [-0.2, -0.15) is 0 Å². The van der Waals surface area contributed by atoms with Gasteiger partial charge in [-0.3, -0.25) is 4.79 Å². The summed E-state index contributed by atoms with van der Waals surface area (Å²) >= 11 is 0. The number of nitrogens with two attached hydrogens (primary N) is 1. The summed E-state index contributed by atoms with van der Waals surface area (Å²) in [6.07, 6.45) is 5.03. The topological polar surface area (TPSA) is 84.2 Å². The lowest BCUT2D eigenvalue weighted by molar-refractivity contribution is -0.124. The van der Waals surface area contributed by atoms with Crippen molar-refractivity contribution < 1.29 is 9.59 Å². The molecule has 4 N–H and O–H groups in total. The minimum atomic E-state index is -0.641. The Bertz CT molecular complexity index is 273. The van der Waals surface area contributed by atoms with Crippen LogP contribution in [0.25, 0.3) is 0 Å². The number of urea groups is 1. The summed E-state index contributed by atoms with van der Waals surface area (Å²) in [5, 5.41) is 5.49. The molecule has 1 saturated carbocycles. The zero-order chi connectivity index (χ0) is 12.8. The first-order valence-corrected chi connectivity index (χ1v) is 6.35. The van der Waals surface area contributed by atoms with Gasteiger partial charge in [0.25, 0.3) is 0 Å². The Labute approximate surface area is 103 Å². The Kier molecular flexibility index (Phi) is 5.25. The molecule has 0 bridgehead atoms. The predicted octanol–water partition coefficient (Wildman–Crippen LogP) is 1.13. The van der Waals surface area contributed by atoms with Gasteiger partial charge in [0.15, 0.2) is 0 Å². The molecule has 0 aromatic rings. The molecule has 1 atom stereocenters. The highest BCUT2D eigenvalue weighted by molar-refractivity contribution is 5.86. The van der Waals surface area contributed by atoms with Crippen molar-refractivity contribution in [2.24, 2.45) is 11.7 Å². The molecule has 0 aromatic heterocycles. The van der Waals surface area contributed by atoms with Crippen LogP contribution in [-0.4, -0.2) is 24.0 Å². The summed E-state index contributed by atoms with van der Waals surface area (Å²) in [5.74, 6) is 0.227. The van der Waals surface area contributed by atoms with Crippen molar-refractivity contribution in [3.8, 4) is 0 Å². The van der Waals surface area contributed by atoms with E-state index >= 15 is 0 Å². The summed E-state index contributed by atoms with van der Waals surface area (Å²) in [6.45, 7) is 4.02. The van der Waals surface area contributed by atoms with E-state index in [9.17, 15) is 9.59 Å². The fraction of sp³-hybridized carbons (Fsp3) is 0.833. The lowest BCUT2D eigenvalue weighted by atomic mass is 10.0. The van der Waals surface area contributed by atoms with Gasteiger partial charge in [-0.25, -0.2) is 4.79 Å². The Hall–Kier alpha value is -1.26. The second-order valence-corrected chi connectivity index (χ2v) is 5.18. The van der Waals surface area contributed by atoms with Gasteiger partial charge < -0.3 is 16.4 Å². The minimum absolute atomic E-state index is 0.107. The lowest BCUT2D eigenvalue weighted by Gasteiger charge is -2.21. The van der Waals surface area contributed by atoms with Crippen molar-refractivity contribution in [3.05, 3.63) is 0 Å². The van der Waals surface area contributed by atoms with E-state index in [2.05, 4.69) is 10.6 Å². The quantitative estimate of drug-likeness (QED) is 0.674. The molecule has 1 fully saturated rings. The molecule has 5 heteroatoms. The van der Waals surface area contributed by atoms with Crippen LogP contribution >= 0.6 is 0 Å². The summed E-state index contributed by atoms with van der Waals surface area (Å²) in [5.41, 5.74) is 5.08. The standard InChI is InChI=1S/C12H23N3O2/c1-8(2)7-10(15-12(13)17)11(16)14-9-5-3-4-6-9/h8-10H,3-7H2,1-2H3,(H,14,16)(H3,13,15,17)/t10-/m0/s1. The number of rotatable bonds is 5. The summed E-state index contributed by atoms with van der Waals surface area (Å²) in [6, 6.07) is -0.878. The highest BCUT2D eigenvalue weighted by Crippen LogP contribution is 2.18. The highest BCUT2D eigenvalue weighted by Gasteiger charge is 2.24. The van der Waals surface area contributed by atoms with E-state index in [4.69, 9.17) is 5.73 Å². The van der Waals surface area contributed by atoms with Crippen molar-refractivity contribution in [3.63, 3.8) is 0 Å². The third-order valence-corrected chi connectivity index (χ3v) is 3.04. The van der Waals surface area contributed by atoms with Gasteiger partial charge in [-0.05, 0) is 25.2 Å². The molecule has 0 heterocycles. The Morgan fingerprint density at radius 2 is 1.88 bits per heavy atom. The Balaban J connectivity index is 2.48. The van der Waals surface area contributed by atoms with Gasteiger partial charge in [-0.1, -0.05) is 26.7 Å². The second kappa shape index (κ2) is 6.47. The molecule has 0 saturated heterocycles. The van der Waals surface area contributed by atoms with Crippen LogP contribution in [0.3, 0.4) is 0 Å². The van der Waals surface area contributed by atoms with Gasteiger partial charge in [0.2, 0.25) is 5.91 Å². The third kappa shape index (κ3) is 5.06. The van der Waals surface area contributed by atoms with Crippen molar-refractivity contribution in [2.45, 2.75) is 58.0 Å². The molecule has 0 aromatic carbocycles. The SMILES string of the molecule is CC(C)C[C@H](NC(N)=O)C(=O)NC1CCCC1. The first-order chi connectivity index (χ1) is 7.99. The predicted molar refractivity (Wildman–Crippen MR) is 66.4 cm³/mol. The second-order valence-electron chi connectivity index (χ2n) is 5.18. The number of nitrogens with one attached hydrogen (secondary N) is 2. The smallest absolute Gasteiger partial charge is 0.312 e. The Morgan fingerprint density at radius 3 is 2.35 bits per heavy atom. The van der Waals surface area contributed by atoms with Gasteiger partial charge in [-0.15, -0.1) is 0 Å². The van der Waals surface area contributed by atoms with E-state index in [1.807, 2.05) is 13.8 Å². The molecule has 3 amide bonds. The van der Waals surface area contributed by atoms with E-state index < -0.39 is 12.1 Å². The lowest BCUT2D eigenvalue weighted by Crippen LogP contribution is -2.51. The van der Waals surface area contributed by atoms with Crippen LogP contribution in [0.15, 0.2) is 0 Å².